The number of para-hydroxylation sites is 1. The number of nitrogens with one attached hydrogen (secondary N) is 1. The molecule has 5 rings (SSSR count). The quantitative estimate of drug-likeness (QED) is 0.474. The number of hydrogen-bond donors (Lipinski definition) is 1. The van der Waals surface area contributed by atoms with E-state index in [2.05, 4.69) is 23.6 Å². The minimum atomic E-state index is -4.76. The number of fused-ring (bicyclic) bond motifs is 2. The van der Waals surface area contributed by atoms with E-state index in [9.17, 15) is 13.2 Å². The summed E-state index contributed by atoms with van der Waals surface area (Å²) in [5.41, 5.74) is 5.76. The van der Waals surface area contributed by atoms with E-state index in [1.807, 2.05) is 17.8 Å². The van der Waals surface area contributed by atoms with Gasteiger partial charge >= 0.3 is 35.9 Å². The first-order chi connectivity index (χ1) is 15.1. The molecule has 1 aliphatic rings. The van der Waals surface area contributed by atoms with Gasteiger partial charge in [-0.1, -0.05) is 38.1 Å². The molecular formula is C24H24F3N4NaO. The van der Waals surface area contributed by atoms with E-state index in [0.717, 1.165) is 41.7 Å². The third kappa shape index (κ3) is 4.44. The Labute approximate surface area is 213 Å². The van der Waals surface area contributed by atoms with Crippen LogP contribution >= 0.6 is 0 Å². The fourth-order valence-corrected chi connectivity index (χ4v) is 4.68. The summed E-state index contributed by atoms with van der Waals surface area (Å²) in [6.07, 6.45) is -1.61. The second-order valence-electron chi connectivity index (χ2n) is 8.90. The zero-order chi connectivity index (χ0) is 22.7. The summed E-state index contributed by atoms with van der Waals surface area (Å²) in [6.45, 7) is 4.43. The number of aryl methyl sites for hydroxylation is 1. The van der Waals surface area contributed by atoms with Gasteiger partial charge in [0.05, 0.1) is 16.7 Å². The minimum Gasteiger partial charge on any atom is -1.00 e. The summed E-state index contributed by atoms with van der Waals surface area (Å²) in [5.74, 6) is 0.480. The van der Waals surface area contributed by atoms with Gasteiger partial charge < -0.3 is 11.1 Å². The Morgan fingerprint density at radius 3 is 2.67 bits per heavy atom. The van der Waals surface area contributed by atoms with Crippen LogP contribution in [0.3, 0.4) is 0 Å². The van der Waals surface area contributed by atoms with Crippen molar-refractivity contribution in [2.45, 2.75) is 44.9 Å². The molecule has 1 N–H and O–H groups in total. The number of nitrogens with zero attached hydrogens (tertiary/aromatic N) is 3. The van der Waals surface area contributed by atoms with Gasteiger partial charge in [-0.15, -0.1) is 13.2 Å². The largest absolute Gasteiger partial charge is 1.00 e. The molecule has 0 bridgehead atoms. The second-order valence-corrected chi connectivity index (χ2v) is 8.90. The molecule has 2 aromatic heterocycles. The number of imidazole rings is 1. The van der Waals surface area contributed by atoms with Crippen LogP contribution < -0.4 is 34.3 Å². The van der Waals surface area contributed by atoms with Crippen molar-refractivity contribution in [1.29, 1.82) is 0 Å². The standard InChI is InChI=1S/C24H23F3N4O.Na.H/c1-23(2)12-6-8-16-20(31(3)30-21(16)23)22-28-17-11-10-14(13-18(17)29-22)15-7-4-5-9-19(15)32-24(25,26)27;;/h4-5,7,9-11,13H,6,8,12H2,1-3H3,(H,28,29);;/q;+1;-1. The van der Waals surface area contributed by atoms with Crippen LogP contribution in [0.2, 0.25) is 0 Å². The molecule has 33 heavy (non-hydrogen) atoms. The van der Waals surface area contributed by atoms with Gasteiger partial charge in [0, 0.05) is 23.6 Å². The Bertz CT molecular complexity index is 1330. The number of hydrogen-bond acceptors (Lipinski definition) is 3. The molecule has 0 radical (unpaired) electrons. The zero-order valence-electron chi connectivity index (χ0n) is 20.0. The van der Waals surface area contributed by atoms with Gasteiger partial charge in [0.1, 0.15) is 11.4 Å². The predicted octanol–water partition coefficient (Wildman–Crippen LogP) is 3.26. The van der Waals surface area contributed by atoms with E-state index in [4.69, 9.17) is 10.1 Å². The average molecular weight is 464 g/mol. The molecule has 2 aromatic carbocycles. The predicted molar refractivity (Wildman–Crippen MR) is 117 cm³/mol. The van der Waals surface area contributed by atoms with Gasteiger partial charge in [0.15, 0.2) is 5.82 Å². The Kier molecular flexibility index (Phi) is 6.14. The van der Waals surface area contributed by atoms with Crippen LogP contribution in [-0.4, -0.2) is 26.1 Å². The number of alkyl halides is 3. The van der Waals surface area contributed by atoms with Gasteiger partial charge in [-0.2, -0.15) is 5.10 Å². The van der Waals surface area contributed by atoms with E-state index < -0.39 is 6.36 Å². The molecule has 0 atom stereocenters. The Morgan fingerprint density at radius 2 is 1.91 bits per heavy atom. The Morgan fingerprint density at radius 1 is 1.15 bits per heavy atom. The molecule has 0 amide bonds. The van der Waals surface area contributed by atoms with Crippen LogP contribution in [0.15, 0.2) is 42.5 Å². The maximum absolute atomic E-state index is 12.8. The fourth-order valence-electron chi connectivity index (χ4n) is 4.68. The van der Waals surface area contributed by atoms with Crippen LogP contribution in [0.1, 0.15) is 39.4 Å². The van der Waals surface area contributed by atoms with E-state index in [1.54, 1.807) is 24.3 Å². The zero-order valence-corrected chi connectivity index (χ0v) is 21.0. The molecule has 2 heterocycles. The van der Waals surface area contributed by atoms with Crippen molar-refractivity contribution in [2.24, 2.45) is 7.05 Å². The third-order valence-corrected chi connectivity index (χ3v) is 6.14. The van der Waals surface area contributed by atoms with E-state index >= 15 is 0 Å². The van der Waals surface area contributed by atoms with Crippen molar-refractivity contribution < 1.29 is 48.9 Å². The van der Waals surface area contributed by atoms with Gasteiger partial charge in [0.25, 0.3) is 0 Å². The molecular weight excluding hydrogens is 440 g/mol. The van der Waals surface area contributed by atoms with Crippen molar-refractivity contribution in [1.82, 2.24) is 19.7 Å². The monoisotopic (exact) mass is 464 g/mol. The van der Waals surface area contributed by atoms with Crippen molar-refractivity contribution >= 4 is 11.0 Å². The molecule has 9 heteroatoms. The summed E-state index contributed by atoms with van der Waals surface area (Å²) in [5, 5.41) is 4.79. The summed E-state index contributed by atoms with van der Waals surface area (Å²) >= 11 is 0. The maximum Gasteiger partial charge on any atom is 1.00 e. The summed E-state index contributed by atoms with van der Waals surface area (Å²) in [4.78, 5) is 8.12. The number of benzene rings is 2. The topological polar surface area (TPSA) is 55.7 Å². The van der Waals surface area contributed by atoms with Crippen LogP contribution in [0.25, 0.3) is 33.7 Å². The normalized spacial score (nSPS) is 15.2. The number of aromatic nitrogens is 4. The summed E-state index contributed by atoms with van der Waals surface area (Å²) < 4.78 is 44.6. The second kappa shape index (κ2) is 8.49. The molecule has 5 nitrogen and oxygen atoms in total. The molecule has 0 fully saturated rings. The van der Waals surface area contributed by atoms with E-state index in [1.165, 1.54) is 17.7 Å². The van der Waals surface area contributed by atoms with Gasteiger partial charge in [-0.25, -0.2) is 4.98 Å². The Balaban J connectivity index is 0.00000162. The first-order valence-corrected chi connectivity index (χ1v) is 10.5. The summed E-state index contributed by atoms with van der Waals surface area (Å²) in [6, 6.07) is 11.5. The minimum absolute atomic E-state index is 0. The van der Waals surface area contributed by atoms with Gasteiger partial charge in [-0.3, -0.25) is 4.68 Å². The summed E-state index contributed by atoms with van der Waals surface area (Å²) in [7, 11) is 1.92. The third-order valence-electron chi connectivity index (χ3n) is 6.14. The maximum atomic E-state index is 12.8. The van der Waals surface area contributed by atoms with Crippen LogP contribution in [0, 0.1) is 0 Å². The Hall–Kier alpha value is -2.29. The molecule has 1 aliphatic carbocycles. The SMILES string of the molecule is Cn1nc2c(c1-c1nc3ccc(-c4ccccc4OC(F)(F)F)cc3[nH]1)CCCC2(C)C.[H-].[Na+]. The van der Waals surface area contributed by atoms with Crippen molar-refractivity contribution in [2.75, 3.05) is 0 Å². The van der Waals surface area contributed by atoms with Gasteiger partial charge in [0.2, 0.25) is 0 Å². The number of H-pyrrole nitrogens is 1. The molecule has 0 spiro atoms. The van der Waals surface area contributed by atoms with E-state index in [-0.39, 0.29) is 42.1 Å². The molecule has 0 unspecified atom stereocenters. The van der Waals surface area contributed by atoms with Crippen LogP contribution in [0.4, 0.5) is 13.2 Å². The first kappa shape index (κ1) is 23.9. The molecule has 0 saturated heterocycles. The first-order valence-electron chi connectivity index (χ1n) is 10.5. The molecule has 4 aromatic rings. The van der Waals surface area contributed by atoms with Crippen molar-refractivity contribution in [3.63, 3.8) is 0 Å². The number of halogens is 3. The molecule has 0 aliphatic heterocycles. The van der Waals surface area contributed by atoms with Crippen molar-refractivity contribution in [3.05, 3.63) is 53.7 Å². The smallest absolute Gasteiger partial charge is 1.00 e. The van der Waals surface area contributed by atoms with Crippen molar-refractivity contribution in [3.8, 4) is 28.4 Å². The molecule has 168 valence electrons. The van der Waals surface area contributed by atoms with Gasteiger partial charge in [-0.05, 0) is 43.0 Å². The van der Waals surface area contributed by atoms with Crippen LogP contribution in [0.5, 0.6) is 5.75 Å². The van der Waals surface area contributed by atoms with Crippen LogP contribution in [-0.2, 0) is 18.9 Å². The van der Waals surface area contributed by atoms with E-state index in [0.29, 0.717) is 17.0 Å². The number of rotatable bonds is 3. The average Bonchev–Trinajstić information content (AvgIpc) is 3.27. The fraction of sp³-hybridized carbons (Fsp3) is 0.333. The number of ether oxygens (including phenoxy) is 1. The number of aromatic amines is 1. The molecule has 0 saturated carbocycles.